The summed E-state index contributed by atoms with van der Waals surface area (Å²) in [6.45, 7) is 7.52. The van der Waals surface area contributed by atoms with Crippen molar-refractivity contribution in [2.75, 3.05) is 42.2 Å². The van der Waals surface area contributed by atoms with E-state index in [1.807, 2.05) is 24.3 Å². The number of nitrogens with zero attached hydrogens (tertiary/aromatic N) is 3. The summed E-state index contributed by atoms with van der Waals surface area (Å²) in [5, 5.41) is 7.51. The van der Waals surface area contributed by atoms with Gasteiger partial charge in [-0.05, 0) is 38.1 Å². The highest BCUT2D eigenvalue weighted by Gasteiger charge is 2.23. The number of hydrogen-bond acceptors (Lipinski definition) is 9. The van der Waals surface area contributed by atoms with E-state index in [1.165, 1.54) is 11.3 Å². The van der Waals surface area contributed by atoms with Crippen molar-refractivity contribution in [2.45, 2.75) is 26.4 Å². The molecule has 9 heteroatoms. The zero-order valence-electron chi connectivity index (χ0n) is 18.3. The third-order valence-corrected chi connectivity index (χ3v) is 6.53. The van der Waals surface area contributed by atoms with Crippen LogP contribution in [0, 0.1) is 0 Å². The van der Waals surface area contributed by atoms with Gasteiger partial charge in [-0.15, -0.1) is 11.3 Å². The van der Waals surface area contributed by atoms with E-state index in [9.17, 15) is 4.79 Å². The molecular formula is C23H28N6O2S. The van der Waals surface area contributed by atoms with E-state index < -0.39 is 0 Å². The van der Waals surface area contributed by atoms with Gasteiger partial charge >= 0.3 is 5.97 Å². The van der Waals surface area contributed by atoms with E-state index >= 15 is 0 Å². The quantitative estimate of drug-likeness (QED) is 0.370. The van der Waals surface area contributed by atoms with Crippen LogP contribution in [0.5, 0.6) is 0 Å². The summed E-state index contributed by atoms with van der Waals surface area (Å²) >= 11 is 1.31. The zero-order chi connectivity index (χ0) is 22.5. The normalized spacial score (nSPS) is 16.1. The molecule has 1 atom stereocenters. The number of hydrogen-bond donors (Lipinski definition) is 3. The first-order chi connectivity index (χ1) is 15.6. The van der Waals surface area contributed by atoms with Crippen LogP contribution in [0.15, 0.2) is 42.7 Å². The van der Waals surface area contributed by atoms with Crippen LogP contribution in [0.3, 0.4) is 0 Å². The molecule has 4 N–H and O–H groups in total. The first-order valence-electron chi connectivity index (χ1n) is 10.8. The average Bonchev–Trinajstić information content (AvgIpc) is 3.24. The summed E-state index contributed by atoms with van der Waals surface area (Å²) in [6, 6.07) is 10.1. The van der Waals surface area contributed by atoms with Crippen molar-refractivity contribution in [2.24, 2.45) is 0 Å². The predicted octanol–water partition coefficient (Wildman–Crippen LogP) is 3.37. The van der Waals surface area contributed by atoms with Gasteiger partial charge in [0.05, 0.1) is 6.61 Å². The molecule has 1 aromatic carbocycles. The lowest BCUT2D eigenvalue weighted by Gasteiger charge is -2.37. The van der Waals surface area contributed by atoms with Crippen molar-refractivity contribution in [3.8, 4) is 10.6 Å². The highest BCUT2D eigenvalue weighted by Crippen LogP contribution is 2.33. The number of esters is 1. The van der Waals surface area contributed by atoms with Gasteiger partial charge in [-0.1, -0.05) is 6.07 Å². The lowest BCUT2D eigenvalue weighted by Crippen LogP contribution is -2.50. The Bertz CT molecular complexity index is 1070. The fourth-order valence-electron chi connectivity index (χ4n) is 3.82. The number of thiazole rings is 1. The monoisotopic (exact) mass is 452 g/mol. The first-order valence-corrected chi connectivity index (χ1v) is 11.6. The molecule has 168 valence electrons. The van der Waals surface area contributed by atoms with Gasteiger partial charge in [0.25, 0.3) is 0 Å². The number of ether oxygens (including phenoxy) is 1. The second kappa shape index (κ2) is 9.97. The number of rotatable bonds is 7. The van der Waals surface area contributed by atoms with Crippen LogP contribution in [0.2, 0.25) is 0 Å². The molecule has 0 bridgehead atoms. The van der Waals surface area contributed by atoms with Crippen LogP contribution in [-0.4, -0.2) is 48.2 Å². The highest BCUT2D eigenvalue weighted by molar-refractivity contribution is 7.17. The van der Waals surface area contributed by atoms with Gasteiger partial charge in [-0.2, -0.15) is 0 Å². The molecule has 1 saturated heterocycles. The summed E-state index contributed by atoms with van der Waals surface area (Å²) in [5.74, 6) is 0.118. The molecule has 0 saturated carbocycles. The SMILES string of the molecule is CCOC(=O)c1sc(-c2ccncc2)nc1NCc1c(N)cccc1N1CCNCC1C. The number of piperazine rings is 1. The second-order valence-corrected chi connectivity index (χ2v) is 8.60. The van der Waals surface area contributed by atoms with Crippen molar-refractivity contribution in [3.63, 3.8) is 0 Å². The Morgan fingerprint density at radius 3 is 2.91 bits per heavy atom. The maximum Gasteiger partial charge on any atom is 0.352 e. The molecule has 0 radical (unpaired) electrons. The number of benzene rings is 1. The van der Waals surface area contributed by atoms with E-state index in [0.717, 1.165) is 41.5 Å². The van der Waals surface area contributed by atoms with Crippen LogP contribution in [0.1, 0.15) is 29.1 Å². The third-order valence-electron chi connectivity index (χ3n) is 5.45. The molecular weight excluding hydrogens is 424 g/mol. The molecule has 1 aliphatic heterocycles. The van der Waals surface area contributed by atoms with Crippen LogP contribution in [0.25, 0.3) is 10.6 Å². The largest absolute Gasteiger partial charge is 0.462 e. The number of carbonyl (C=O) groups is 1. The Balaban J connectivity index is 1.64. The molecule has 1 fully saturated rings. The molecule has 3 heterocycles. The molecule has 2 aromatic heterocycles. The number of anilines is 3. The average molecular weight is 453 g/mol. The minimum atomic E-state index is -0.384. The Morgan fingerprint density at radius 1 is 1.34 bits per heavy atom. The van der Waals surface area contributed by atoms with Crippen molar-refractivity contribution in [3.05, 3.63) is 53.2 Å². The molecule has 0 aliphatic carbocycles. The van der Waals surface area contributed by atoms with Crippen molar-refractivity contribution < 1.29 is 9.53 Å². The summed E-state index contributed by atoms with van der Waals surface area (Å²) in [4.78, 5) is 24.2. The zero-order valence-corrected chi connectivity index (χ0v) is 19.1. The summed E-state index contributed by atoms with van der Waals surface area (Å²) in [6.07, 6.45) is 3.42. The van der Waals surface area contributed by atoms with Crippen molar-refractivity contribution in [1.82, 2.24) is 15.3 Å². The smallest absolute Gasteiger partial charge is 0.352 e. The van der Waals surface area contributed by atoms with E-state index in [-0.39, 0.29) is 5.97 Å². The topological polar surface area (TPSA) is 105 Å². The standard InChI is InChI=1S/C23H28N6O2S/c1-3-31-23(30)20-21(28-22(32-20)16-7-9-25-10-8-16)27-14-17-18(24)5-4-6-19(17)29-12-11-26-13-15(29)2/h4-10,15,26-27H,3,11-14,24H2,1-2H3. The van der Waals surface area contributed by atoms with Crippen molar-refractivity contribution in [1.29, 1.82) is 0 Å². The molecule has 3 aromatic rings. The fourth-order valence-corrected chi connectivity index (χ4v) is 4.76. The van der Waals surface area contributed by atoms with Crippen LogP contribution < -0.4 is 21.3 Å². The fraction of sp³-hybridized carbons (Fsp3) is 0.348. The molecule has 0 spiro atoms. The number of carbonyl (C=O) groups excluding carboxylic acids is 1. The van der Waals surface area contributed by atoms with E-state index in [0.29, 0.717) is 35.6 Å². The Labute approximate surface area is 191 Å². The number of nitrogens with one attached hydrogen (secondary N) is 2. The summed E-state index contributed by atoms with van der Waals surface area (Å²) < 4.78 is 5.27. The Kier molecular flexibility index (Phi) is 6.87. The second-order valence-electron chi connectivity index (χ2n) is 7.60. The number of aromatic nitrogens is 2. The molecule has 1 unspecified atom stereocenters. The highest BCUT2D eigenvalue weighted by atomic mass is 32.1. The number of pyridine rings is 1. The van der Waals surface area contributed by atoms with E-state index in [2.05, 4.69) is 33.5 Å². The Hall–Kier alpha value is -3.17. The molecule has 32 heavy (non-hydrogen) atoms. The van der Waals surface area contributed by atoms with Crippen LogP contribution in [-0.2, 0) is 11.3 Å². The predicted molar refractivity (Wildman–Crippen MR) is 129 cm³/mol. The van der Waals surface area contributed by atoms with Gasteiger partial charge in [-0.25, -0.2) is 9.78 Å². The van der Waals surface area contributed by atoms with Gasteiger partial charge in [0.15, 0.2) is 10.7 Å². The maximum absolute atomic E-state index is 12.6. The van der Waals surface area contributed by atoms with Gasteiger partial charge < -0.3 is 26.0 Å². The Morgan fingerprint density at radius 2 is 2.16 bits per heavy atom. The van der Waals surface area contributed by atoms with E-state index in [1.54, 1.807) is 19.3 Å². The van der Waals surface area contributed by atoms with Gasteiger partial charge in [0.2, 0.25) is 0 Å². The van der Waals surface area contributed by atoms with Gasteiger partial charge in [-0.3, -0.25) is 4.98 Å². The van der Waals surface area contributed by atoms with Gasteiger partial charge in [0, 0.05) is 67.1 Å². The minimum Gasteiger partial charge on any atom is -0.462 e. The summed E-state index contributed by atoms with van der Waals surface area (Å²) in [5.41, 5.74) is 10.1. The lowest BCUT2D eigenvalue weighted by atomic mass is 10.1. The van der Waals surface area contributed by atoms with Crippen LogP contribution >= 0.6 is 11.3 Å². The number of nitrogen functional groups attached to an aromatic ring is 1. The molecule has 8 nitrogen and oxygen atoms in total. The molecule has 1 aliphatic rings. The van der Waals surface area contributed by atoms with Crippen molar-refractivity contribution >= 4 is 34.5 Å². The summed E-state index contributed by atoms with van der Waals surface area (Å²) in [7, 11) is 0. The minimum absolute atomic E-state index is 0.303. The van der Waals surface area contributed by atoms with Gasteiger partial charge in [0.1, 0.15) is 5.01 Å². The number of nitrogens with two attached hydrogens (primary N) is 1. The maximum atomic E-state index is 12.6. The van der Waals surface area contributed by atoms with Crippen LogP contribution in [0.4, 0.5) is 17.2 Å². The lowest BCUT2D eigenvalue weighted by molar-refractivity contribution is 0.0533. The first kappa shape index (κ1) is 22.0. The molecule has 0 amide bonds. The van der Waals surface area contributed by atoms with E-state index in [4.69, 9.17) is 15.5 Å². The molecule has 4 rings (SSSR count). The third kappa shape index (κ3) is 4.68.